The van der Waals surface area contributed by atoms with E-state index in [2.05, 4.69) is 43.5 Å². The van der Waals surface area contributed by atoms with Crippen LogP contribution >= 0.6 is 0 Å². The second-order valence-corrected chi connectivity index (χ2v) is 6.26. The van der Waals surface area contributed by atoms with Gasteiger partial charge >= 0.3 is 6.03 Å². The Hall–Kier alpha value is -1.55. The minimum Gasteiger partial charge on any atom is -0.396 e. The lowest BCUT2D eigenvalue weighted by molar-refractivity contribution is 0.165. The predicted octanol–water partition coefficient (Wildman–Crippen LogP) is 3.92. The Morgan fingerprint density at radius 3 is 2.14 bits per heavy atom. The summed E-state index contributed by atoms with van der Waals surface area (Å²) in [4.78, 5) is 12.2. The summed E-state index contributed by atoms with van der Waals surface area (Å²) < 4.78 is 0. The highest BCUT2D eigenvalue weighted by atomic mass is 16.3. The summed E-state index contributed by atoms with van der Waals surface area (Å²) >= 11 is 0. The molecule has 0 aliphatic carbocycles. The fourth-order valence-electron chi connectivity index (χ4n) is 2.98. The van der Waals surface area contributed by atoms with Crippen molar-refractivity contribution in [2.24, 2.45) is 5.41 Å². The van der Waals surface area contributed by atoms with Crippen molar-refractivity contribution in [3.63, 3.8) is 0 Å². The van der Waals surface area contributed by atoms with Crippen LogP contribution in [0.25, 0.3) is 0 Å². The number of anilines is 1. The smallest absolute Gasteiger partial charge is 0.319 e. The number of nitrogens with one attached hydrogen (secondary N) is 2. The number of benzene rings is 1. The van der Waals surface area contributed by atoms with Gasteiger partial charge in [-0.15, -0.1) is 0 Å². The van der Waals surface area contributed by atoms with Gasteiger partial charge in [-0.1, -0.05) is 31.5 Å². The minimum absolute atomic E-state index is 0.0243. The van der Waals surface area contributed by atoms with E-state index in [4.69, 9.17) is 0 Å². The van der Waals surface area contributed by atoms with Crippen LogP contribution in [0.15, 0.2) is 12.1 Å². The molecule has 0 radical (unpaired) electrons. The molecule has 0 unspecified atom stereocenters. The first-order valence-corrected chi connectivity index (χ1v) is 8.11. The van der Waals surface area contributed by atoms with Gasteiger partial charge in [-0.3, -0.25) is 0 Å². The van der Waals surface area contributed by atoms with E-state index in [1.54, 1.807) is 0 Å². The SMILES string of the molecule is CCC(CC)(CCO)CNC(=O)Nc1c(C)cc(C)cc1C. The molecule has 1 aromatic rings. The second-order valence-electron chi connectivity index (χ2n) is 6.26. The van der Waals surface area contributed by atoms with Gasteiger partial charge < -0.3 is 15.7 Å². The molecule has 0 atom stereocenters. The fraction of sp³-hybridized carbons (Fsp3) is 0.611. The summed E-state index contributed by atoms with van der Waals surface area (Å²) in [5, 5.41) is 15.2. The molecule has 0 aliphatic heterocycles. The fourth-order valence-corrected chi connectivity index (χ4v) is 2.98. The molecule has 22 heavy (non-hydrogen) atoms. The maximum atomic E-state index is 12.2. The standard InChI is InChI=1S/C18H30N2O2/c1-6-18(7-2,8-9-21)12-19-17(22)20-16-14(4)10-13(3)11-15(16)5/h10-11,21H,6-9,12H2,1-5H3,(H2,19,20,22). The Bertz CT molecular complexity index is 485. The molecule has 0 aliphatic rings. The Morgan fingerprint density at radius 1 is 1.14 bits per heavy atom. The van der Waals surface area contributed by atoms with Crippen molar-refractivity contribution < 1.29 is 9.90 Å². The third-order valence-electron chi connectivity index (χ3n) is 4.68. The number of carbonyl (C=O) groups excluding carboxylic acids is 1. The van der Waals surface area contributed by atoms with Crippen LogP contribution in [0.1, 0.15) is 49.8 Å². The first-order valence-electron chi connectivity index (χ1n) is 8.11. The van der Waals surface area contributed by atoms with Crippen LogP contribution in [0.3, 0.4) is 0 Å². The van der Waals surface area contributed by atoms with Gasteiger partial charge in [0, 0.05) is 18.8 Å². The number of carbonyl (C=O) groups is 1. The lowest BCUT2D eigenvalue weighted by atomic mass is 9.79. The molecule has 0 bridgehead atoms. The molecular weight excluding hydrogens is 276 g/mol. The monoisotopic (exact) mass is 306 g/mol. The summed E-state index contributed by atoms with van der Waals surface area (Å²) in [6.07, 6.45) is 2.59. The maximum absolute atomic E-state index is 12.2. The third-order valence-corrected chi connectivity index (χ3v) is 4.68. The molecule has 3 N–H and O–H groups in total. The highest BCUT2D eigenvalue weighted by Gasteiger charge is 2.26. The zero-order valence-electron chi connectivity index (χ0n) is 14.5. The van der Waals surface area contributed by atoms with E-state index in [1.807, 2.05) is 13.8 Å². The lowest BCUT2D eigenvalue weighted by Crippen LogP contribution is -2.39. The van der Waals surface area contributed by atoms with Crippen LogP contribution in [-0.2, 0) is 0 Å². The number of rotatable bonds is 7. The average Bonchev–Trinajstić information content (AvgIpc) is 2.47. The summed E-state index contributed by atoms with van der Waals surface area (Å²) in [5.41, 5.74) is 4.19. The summed E-state index contributed by atoms with van der Waals surface area (Å²) in [6, 6.07) is 3.95. The van der Waals surface area contributed by atoms with Crippen LogP contribution in [0.5, 0.6) is 0 Å². The molecule has 0 saturated heterocycles. The molecule has 124 valence electrons. The molecule has 0 aromatic heterocycles. The quantitative estimate of drug-likeness (QED) is 0.715. The second kappa shape index (κ2) is 8.18. The Balaban J connectivity index is 2.71. The Kier molecular flexibility index (Phi) is 6.88. The molecule has 1 rings (SSSR count). The highest BCUT2D eigenvalue weighted by Crippen LogP contribution is 2.29. The molecular formula is C18H30N2O2. The van der Waals surface area contributed by atoms with Crippen molar-refractivity contribution in [2.45, 2.75) is 53.9 Å². The van der Waals surface area contributed by atoms with E-state index < -0.39 is 0 Å². The topological polar surface area (TPSA) is 61.4 Å². The van der Waals surface area contributed by atoms with Crippen molar-refractivity contribution in [1.29, 1.82) is 0 Å². The molecule has 0 saturated carbocycles. The van der Waals surface area contributed by atoms with E-state index >= 15 is 0 Å². The van der Waals surface area contributed by atoms with Crippen LogP contribution in [-0.4, -0.2) is 24.3 Å². The van der Waals surface area contributed by atoms with Crippen LogP contribution < -0.4 is 10.6 Å². The number of aryl methyl sites for hydroxylation is 3. The molecule has 2 amide bonds. The van der Waals surface area contributed by atoms with E-state index in [0.717, 1.165) is 29.7 Å². The summed E-state index contributed by atoms with van der Waals surface area (Å²) in [7, 11) is 0. The summed E-state index contributed by atoms with van der Waals surface area (Å²) in [6.45, 7) is 11.0. The van der Waals surface area contributed by atoms with Crippen molar-refractivity contribution in [2.75, 3.05) is 18.5 Å². The number of amides is 2. The minimum atomic E-state index is -0.181. The number of aliphatic hydroxyl groups is 1. The molecule has 1 aromatic carbocycles. The molecule has 0 spiro atoms. The van der Waals surface area contributed by atoms with Crippen LogP contribution in [0.4, 0.5) is 10.5 Å². The summed E-state index contributed by atoms with van der Waals surface area (Å²) in [5.74, 6) is 0. The van der Waals surface area contributed by atoms with Crippen molar-refractivity contribution >= 4 is 11.7 Å². The number of hydrogen-bond donors (Lipinski definition) is 3. The van der Waals surface area contributed by atoms with Gasteiger partial charge in [0.25, 0.3) is 0 Å². The first kappa shape index (κ1) is 18.5. The van der Waals surface area contributed by atoms with Gasteiger partial charge in [-0.05, 0) is 56.6 Å². The van der Waals surface area contributed by atoms with Crippen molar-refractivity contribution in [3.05, 3.63) is 28.8 Å². The van der Waals surface area contributed by atoms with Gasteiger partial charge in [-0.25, -0.2) is 4.79 Å². The average molecular weight is 306 g/mol. The van der Waals surface area contributed by atoms with Crippen LogP contribution in [0.2, 0.25) is 0 Å². The van der Waals surface area contributed by atoms with E-state index in [0.29, 0.717) is 13.0 Å². The van der Waals surface area contributed by atoms with E-state index in [9.17, 15) is 9.90 Å². The zero-order valence-corrected chi connectivity index (χ0v) is 14.5. The van der Waals surface area contributed by atoms with Gasteiger partial charge in [-0.2, -0.15) is 0 Å². The van der Waals surface area contributed by atoms with Gasteiger partial charge in [0.15, 0.2) is 0 Å². The molecule has 0 heterocycles. The molecule has 0 fully saturated rings. The first-order chi connectivity index (χ1) is 10.4. The Labute approximate surface area is 134 Å². The van der Waals surface area contributed by atoms with Gasteiger partial charge in [0.2, 0.25) is 0 Å². The Morgan fingerprint density at radius 2 is 1.68 bits per heavy atom. The van der Waals surface area contributed by atoms with Crippen molar-refractivity contribution in [1.82, 2.24) is 5.32 Å². The van der Waals surface area contributed by atoms with E-state index in [-0.39, 0.29) is 18.1 Å². The number of urea groups is 1. The van der Waals surface area contributed by atoms with Gasteiger partial charge in [0.1, 0.15) is 0 Å². The largest absolute Gasteiger partial charge is 0.396 e. The number of aliphatic hydroxyl groups excluding tert-OH is 1. The highest BCUT2D eigenvalue weighted by molar-refractivity contribution is 5.91. The maximum Gasteiger partial charge on any atom is 0.319 e. The van der Waals surface area contributed by atoms with E-state index in [1.165, 1.54) is 5.56 Å². The van der Waals surface area contributed by atoms with Crippen molar-refractivity contribution in [3.8, 4) is 0 Å². The molecule has 4 heteroatoms. The normalized spacial score (nSPS) is 11.4. The molecule has 4 nitrogen and oxygen atoms in total. The zero-order chi connectivity index (χ0) is 16.8. The van der Waals surface area contributed by atoms with Crippen LogP contribution in [0, 0.1) is 26.2 Å². The third kappa shape index (κ3) is 4.73. The van der Waals surface area contributed by atoms with Gasteiger partial charge in [0.05, 0.1) is 0 Å². The lowest BCUT2D eigenvalue weighted by Gasteiger charge is -2.31. The predicted molar refractivity (Wildman–Crippen MR) is 92.4 cm³/mol. The number of hydrogen-bond acceptors (Lipinski definition) is 2.